The summed E-state index contributed by atoms with van der Waals surface area (Å²) >= 11 is 1.60. The van der Waals surface area contributed by atoms with Crippen LogP contribution in [0.1, 0.15) is 22.2 Å². The summed E-state index contributed by atoms with van der Waals surface area (Å²) in [5.41, 5.74) is -0.148. The van der Waals surface area contributed by atoms with E-state index in [1.165, 1.54) is 4.88 Å². The van der Waals surface area contributed by atoms with Gasteiger partial charge in [0.15, 0.2) is 0 Å². The van der Waals surface area contributed by atoms with Crippen molar-refractivity contribution in [1.82, 2.24) is 0 Å². The molecule has 0 aromatic carbocycles. The third kappa shape index (κ3) is 1.49. The molecular weight excluding hydrogens is 196 g/mol. The Morgan fingerprint density at radius 1 is 1.36 bits per heavy atom. The number of furan rings is 1. The van der Waals surface area contributed by atoms with E-state index in [0.717, 1.165) is 10.4 Å². The van der Waals surface area contributed by atoms with Gasteiger partial charge in [0.25, 0.3) is 0 Å². The molecule has 0 amide bonds. The summed E-state index contributed by atoms with van der Waals surface area (Å²) in [5.74, 6) is 0. The molecule has 0 saturated heterocycles. The zero-order chi connectivity index (χ0) is 10.2. The highest BCUT2D eigenvalue weighted by Gasteiger charge is 2.27. The van der Waals surface area contributed by atoms with E-state index in [1.807, 2.05) is 19.1 Å². The fraction of sp³-hybridized carbons (Fsp3) is 0.273. The van der Waals surface area contributed by atoms with Gasteiger partial charge < -0.3 is 9.52 Å². The lowest BCUT2D eigenvalue weighted by Gasteiger charge is -2.19. The van der Waals surface area contributed by atoms with E-state index < -0.39 is 5.60 Å². The van der Waals surface area contributed by atoms with E-state index in [9.17, 15) is 5.11 Å². The molecule has 0 aliphatic carbocycles. The van der Waals surface area contributed by atoms with Gasteiger partial charge in [0, 0.05) is 15.3 Å². The van der Waals surface area contributed by atoms with Gasteiger partial charge in [0.05, 0.1) is 12.5 Å². The zero-order valence-electron chi connectivity index (χ0n) is 8.15. The van der Waals surface area contributed by atoms with Crippen molar-refractivity contribution < 1.29 is 9.52 Å². The number of aryl methyl sites for hydroxylation is 1. The Labute approximate surface area is 86.8 Å². The van der Waals surface area contributed by atoms with Crippen LogP contribution in [0.5, 0.6) is 0 Å². The summed E-state index contributed by atoms with van der Waals surface area (Å²) in [4.78, 5) is 2.14. The quantitative estimate of drug-likeness (QED) is 0.823. The van der Waals surface area contributed by atoms with Crippen molar-refractivity contribution in [3.8, 4) is 0 Å². The fourth-order valence-electron chi connectivity index (χ4n) is 1.38. The molecule has 0 spiro atoms. The molecule has 2 heterocycles. The van der Waals surface area contributed by atoms with Gasteiger partial charge in [-0.25, -0.2) is 0 Å². The monoisotopic (exact) mass is 208 g/mol. The smallest absolute Gasteiger partial charge is 0.124 e. The van der Waals surface area contributed by atoms with E-state index in [-0.39, 0.29) is 0 Å². The van der Waals surface area contributed by atoms with E-state index in [1.54, 1.807) is 36.9 Å². The van der Waals surface area contributed by atoms with Gasteiger partial charge in [0.1, 0.15) is 5.60 Å². The van der Waals surface area contributed by atoms with Gasteiger partial charge >= 0.3 is 0 Å². The van der Waals surface area contributed by atoms with Gasteiger partial charge in [-0.1, -0.05) is 0 Å². The fourth-order valence-corrected chi connectivity index (χ4v) is 2.32. The van der Waals surface area contributed by atoms with Crippen LogP contribution in [0.25, 0.3) is 0 Å². The molecule has 0 bridgehead atoms. The normalized spacial score (nSPS) is 15.4. The van der Waals surface area contributed by atoms with E-state index in [4.69, 9.17) is 4.42 Å². The van der Waals surface area contributed by atoms with Crippen LogP contribution in [0.15, 0.2) is 35.1 Å². The molecule has 3 heteroatoms. The minimum Gasteiger partial charge on any atom is -0.472 e. The molecule has 0 aliphatic heterocycles. The molecule has 74 valence electrons. The Morgan fingerprint density at radius 2 is 2.14 bits per heavy atom. The number of hydrogen-bond donors (Lipinski definition) is 1. The molecule has 0 radical (unpaired) electrons. The van der Waals surface area contributed by atoms with Gasteiger partial charge in [-0.2, -0.15) is 0 Å². The van der Waals surface area contributed by atoms with Gasteiger partial charge in [-0.05, 0) is 32.0 Å². The van der Waals surface area contributed by atoms with Crippen LogP contribution in [0, 0.1) is 6.92 Å². The van der Waals surface area contributed by atoms with Crippen molar-refractivity contribution in [2.75, 3.05) is 0 Å². The first-order valence-electron chi connectivity index (χ1n) is 4.42. The van der Waals surface area contributed by atoms with Crippen LogP contribution in [-0.4, -0.2) is 5.11 Å². The molecule has 2 nitrogen and oxygen atoms in total. The highest BCUT2D eigenvalue weighted by Crippen LogP contribution is 2.33. The summed E-state index contributed by atoms with van der Waals surface area (Å²) in [5, 5.41) is 10.3. The first-order chi connectivity index (χ1) is 6.60. The molecule has 14 heavy (non-hydrogen) atoms. The third-order valence-corrected chi connectivity index (χ3v) is 3.51. The van der Waals surface area contributed by atoms with Gasteiger partial charge in [-0.15, -0.1) is 11.3 Å². The second-order valence-corrected chi connectivity index (χ2v) is 4.78. The minimum absolute atomic E-state index is 0.791. The third-order valence-electron chi connectivity index (χ3n) is 2.30. The first kappa shape index (κ1) is 9.49. The molecule has 2 rings (SSSR count). The van der Waals surface area contributed by atoms with Gasteiger partial charge in [-0.3, -0.25) is 0 Å². The average Bonchev–Trinajstić information content (AvgIpc) is 2.72. The maximum absolute atomic E-state index is 10.3. The van der Waals surface area contributed by atoms with Crippen molar-refractivity contribution in [3.63, 3.8) is 0 Å². The van der Waals surface area contributed by atoms with Crippen LogP contribution in [-0.2, 0) is 5.60 Å². The topological polar surface area (TPSA) is 33.4 Å². The number of thiophene rings is 1. The van der Waals surface area contributed by atoms with Crippen LogP contribution in [0.2, 0.25) is 0 Å². The van der Waals surface area contributed by atoms with Crippen molar-refractivity contribution >= 4 is 11.3 Å². The Bertz CT molecular complexity index is 412. The molecule has 0 fully saturated rings. The molecule has 0 aliphatic rings. The van der Waals surface area contributed by atoms with Crippen molar-refractivity contribution in [3.05, 3.63) is 46.0 Å². The summed E-state index contributed by atoms with van der Waals surface area (Å²) in [7, 11) is 0. The molecule has 2 aromatic rings. The molecule has 2 aromatic heterocycles. The summed E-state index contributed by atoms with van der Waals surface area (Å²) < 4.78 is 4.97. The Balaban J connectivity index is 2.42. The van der Waals surface area contributed by atoms with Gasteiger partial charge in [0.2, 0.25) is 0 Å². The van der Waals surface area contributed by atoms with Crippen LogP contribution in [0.4, 0.5) is 0 Å². The zero-order valence-corrected chi connectivity index (χ0v) is 8.97. The maximum atomic E-state index is 10.3. The average molecular weight is 208 g/mol. The summed E-state index contributed by atoms with van der Waals surface area (Å²) in [6.45, 7) is 3.81. The van der Waals surface area contributed by atoms with E-state index in [2.05, 4.69) is 0 Å². The highest BCUT2D eigenvalue weighted by molar-refractivity contribution is 7.12. The SMILES string of the molecule is Cc1ccc(C(C)(O)c2ccoc2)s1. The van der Waals surface area contributed by atoms with Crippen LogP contribution in [0.3, 0.4) is 0 Å². The standard InChI is InChI=1S/C11H12O2S/c1-8-3-4-10(14-8)11(2,12)9-5-6-13-7-9/h3-7,12H,1-2H3. The second kappa shape index (κ2) is 3.26. The second-order valence-electron chi connectivity index (χ2n) is 3.49. The molecular formula is C11H12O2S. The predicted octanol–water partition coefficient (Wildman–Crippen LogP) is 2.91. The van der Waals surface area contributed by atoms with E-state index >= 15 is 0 Å². The van der Waals surface area contributed by atoms with Crippen molar-refractivity contribution in [1.29, 1.82) is 0 Å². The van der Waals surface area contributed by atoms with Crippen molar-refractivity contribution in [2.45, 2.75) is 19.4 Å². The summed E-state index contributed by atoms with van der Waals surface area (Å²) in [6, 6.07) is 5.75. The summed E-state index contributed by atoms with van der Waals surface area (Å²) in [6.07, 6.45) is 3.15. The predicted molar refractivity (Wildman–Crippen MR) is 56.4 cm³/mol. The lowest BCUT2D eigenvalue weighted by molar-refractivity contribution is 0.105. The first-order valence-corrected chi connectivity index (χ1v) is 5.24. The Kier molecular flexibility index (Phi) is 2.21. The minimum atomic E-state index is -0.939. The number of hydrogen-bond acceptors (Lipinski definition) is 3. The lowest BCUT2D eigenvalue weighted by Crippen LogP contribution is -2.20. The molecule has 0 saturated carbocycles. The Hall–Kier alpha value is -1.06. The van der Waals surface area contributed by atoms with Crippen LogP contribution < -0.4 is 0 Å². The lowest BCUT2D eigenvalue weighted by atomic mass is 9.97. The van der Waals surface area contributed by atoms with E-state index in [0.29, 0.717) is 0 Å². The van der Waals surface area contributed by atoms with Crippen LogP contribution >= 0.6 is 11.3 Å². The molecule has 1 N–H and O–H groups in total. The maximum Gasteiger partial charge on any atom is 0.124 e. The molecule has 1 unspecified atom stereocenters. The Morgan fingerprint density at radius 3 is 2.64 bits per heavy atom. The molecule has 1 atom stereocenters. The largest absolute Gasteiger partial charge is 0.472 e. The number of rotatable bonds is 2. The highest BCUT2D eigenvalue weighted by atomic mass is 32.1. The van der Waals surface area contributed by atoms with Crippen molar-refractivity contribution in [2.24, 2.45) is 0 Å². The number of aliphatic hydroxyl groups is 1.